The number of hydrogen-bond acceptors (Lipinski definition) is 1. The first-order chi connectivity index (χ1) is 5.75. The summed E-state index contributed by atoms with van der Waals surface area (Å²) < 4.78 is 0. The maximum absolute atomic E-state index is 10.6. The van der Waals surface area contributed by atoms with Crippen LogP contribution in [0.2, 0.25) is 0 Å². The van der Waals surface area contributed by atoms with Crippen LogP contribution in [0.25, 0.3) is 0 Å². The Morgan fingerprint density at radius 1 is 1.58 bits per heavy atom. The molecule has 0 fully saturated rings. The van der Waals surface area contributed by atoms with Gasteiger partial charge >= 0.3 is 5.97 Å². The third-order valence-electron chi connectivity index (χ3n) is 2.00. The molecule has 0 saturated heterocycles. The second-order valence-electron chi connectivity index (χ2n) is 2.83. The zero-order valence-electron chi connectivity index (χ0n) is 6.97. The Morgan fingerprint density at radius 2 is 2.33 bits per heavy atom. The number of allylic oxidation sites excluding steroid dienone is 1. The number of carboxylic acids is 1. The minimum absolute atomic E-state index is 0.245. The average Bonchev–Trinajstić information content (AvgIpc) is 2.07. The highest BCUT2D eigenvalue weighted by Crippen LogP contribution is 2.23. The molecule has 0 bridgehead atoms. The average molecular weight is 164 g/mol. The van der Waals surface area contributed by atoms with Crippen molar-refractivity contribution in [3.05, 3.63) is 29.5 Å². The summed E-state index contributed by atoms with van der Waals surface area (Å²) in [6.45, 7) is 3.37. The van der Waals surface area contributed by atoms with Crippen LogP contribution in [0.1, 0.15) is 25.7 Å². The summed E-state index contributed by atoms with van der Waals surface area (Å²) in [7, 11) is 0. The van der Waals surface area contributed by atoms with Crippen molar-refractivity contribution in [3.63, 3.8) is 0 Å². The fourth-order valence-electron chi connectivity index (χ4n) is 1.39. The number of carboxylic acid groups (broad SMARTS) is 1. The molecule has 64 valence electrons. The molecule has 0 unspecified atom stereocenters. The van der Waals surface area contributed by atoms with E-state index < -0.39 is 5.97 Å². The predicted molar refractivity (Wildman–Crippen MR) is 46.8 cm³/mol. The topological polar surface area (TPSA) is 37.3 Å². The Bertz CT molecular complexity index is 268. The molecule has 0 radical (unpaired) electrons. The fraction of sp³-hybridized carbons (Fsp3) is 0.400. The lowest BCUT2D eigenvalue weighted by atomic mass is 9.94. The summed E-state index contributed by atoms with van der Waals surface area (Å²) in [5, 5.41) is 8.75. The summed E-state index contributed by atoms with van der Waals surface area (Å²) in [6, 6.07) is 0. The highest BCUT2D eigenvalue weighted by atomic mass is 16.4. The number of rotatable bonds is 2. The minimum Gasteiger partial charge on any atom is -0.477 e. The number of aliphatic carboxylic acids is 1. The van der Waals surface area contributed by atoms with Gasteiger partial charge in [-0.3, -0.25) is 0 Å². The smallest absolute Gasteiger partial charge is 0.343 e. The van der Waals surface area contributed by atoms with Gasteiger partial charge in [0.25, 0.3) is 0 Å². The van der Waals surface area contributed by atoms with Gasteiger partial charge in [-0.15, -0.1) is 5.73 Å². The predicted octanol–water partition coefficient (Wildman–Crippen LogP) is 2.28. The zero-order valence-corrected chi connectivity index (χ0v) is 6.97. The Labute approximate surface area is 71.9 Å². The molecule has 0 aromatic carbocycles. The van der Waals surface area contributed by atoms with Crippen LogP contribution in [-0.2, 0) is 4.79 Å². The van der Waals surface area contributed by atoms with Crippen LogP contribution in [-0.4, -0.2) is 11.1 Å². The van der Waals surface area contributed by atoms with Crippen molar-refractivity contribution in [1.82, 2.24) is 0 Å². The van der Waals surface area contributed by atoms with Crippen LogP contribution in [0.15, 0.2) is 29.5 Å². The lowest BCUT2D eigenvalue weighted by molar-refractivity contribution is -0.132. The van der Waals surface area contributed by atoms with E-state index in [1.807, 2.05) is 6.08 Å². The zero-order chi connectivity index (χ0) is 8.97. The van der Waals surface area contributed by atoms with E-state index in [0.717, 1.165) is 31.3 Å². The van der Waals surface area contributed by atoms with Gasteiger partial charge < -0.3 is 5.11 Å². The van der Waals surface area contributed by atoms with E-state index in [0.29, 0.717) is 0 Å². The fourth-order valence-corrected chi connectivity index (χ4v) is 1.39. The summed E-state index contributed by atoms with van der Waals surface area (Å²) >= 11 is 0. The second kappa shape index (κ2) is 3.93. The van der Waals surface area contributed by atoms with Crippen LogP contribution < -0.4 is 0 Å². The molecule has 0 amide bonds. The minimum atomic E-state index is -0.918. The number of hydrogen-bond donors (Lipinski definition) is 1. The molecule has 1 N–H and O–H groups in total. The maximum atomic E-state index is 10.6. The standard InChI is InChI=1S/C10H12O2/c1-2-9(10(11)12)8-6-4-3-5-7-8/h6H,1,3-5,7H2,(H,11,12). The summed E-state index contributed by atoms with van der Waals surface area (Å²) in [6.07, 6.45) is 6.04. The van der Waals surface area contributed by atoms with Gasteiger partial charge in [0.1, 0.15) is 5.57 Å². The molecule has 1 aliphatic rings. The molecule has 2 nitrogen and oxygen atoms in total. The van der Waals surface area contributed by atoms with Crippen molar-refractivity contribution in [3.8, 4) is 0 Å². The van der Waals surface area contributed by atoms with Crippen molar-refractivity contribution in [1.29, 1.82) is 0 Å². The van der Waals surface area contributed by atoms with Gasteiger partial charge in [0.2, 0.25) is 0 Å². The van der Waals surface area contributed by atoms with Crippen molar-refractivity contribution in [2.24, 2.45) is 0 Å². The largest absolute Gasteiger partial charge is 0.477 e. The lowest BCUT2D eigenvalue weighted by Crippen LogP contribution is -2.04. The van der Waals surface area contributed by atoms with E-state index in [1.54, 1.807) is 0 Å². The highest BCUT2D eigenvalue weighted by Gasteiger charge is 2.13. The summed E-state index contributed by atoms with van der Waals surface area (Å²) in [4.78, 5) is 10.6. The SMILES string of the molecule is C=C=C(C(=O)O)C1=CCCCC1. The van der Waals surface area contributed by atoms with Crippen LogP contribution in [0.4, 0.5) is 0 Å². The number of carbonyl (C=O) groups is 1. The van der Waals surface area contributed by atoms with Gasteiger partial charge in [-0.2, -0.15) is 0 Å². The van der Waals surface area contributed by atoms with Gasteiger partial charge in [0, 0.05) is 0 Å². The van der Waals surface area contributed by atoms with Crippen molar-refractivity contribution < 1.29 is 9.90 Å². The van der Waals surface area contributed by atoms with Gasteiger partial charge in [-0.1, -0.05) is 12.7 Å². The Hall–Kier alpha value is -1.27. The van der Waals surface area contributed by atoms with Crippen LogP contribution in [0.5, 0.6) is 0 Å². The van der Waals surface area contributed by atoms with Crippen LogP contribution in [0, 0.1) is 0 Å². The summed E-state index contributed by atoms with van der Waals surface area (Å²) in [5.41, 5.74) is 3.61. The molecule has 2 heteroatoms. The van der Waals surface area contributed by atoms with Gasteiger partial charge in [-0.05, 0) is 31.3 Å². The van der Waals surface area contributed by atoms with Gasteiger partial charge in [0.15, 0.2) is 0 Å². The van der Waals surface area contributed by atoms with Gasteiger partial charge in [-0.25, -0.2) is 4.79 Å². The van der Waals surface area contributed by atoms with Gasteiger partial charge in [0.05, 0.1) is 0 Å². The summed E-state index contributed by atoms with van der Waals surface area (Å²) in [5.74, 6) is -0.918. The molecule has 0 spiro atoms. The first kappa shape index (κ1) is 8.82. The quantitative estimate of drug-likeness (QED) is 0.502. The molecule has 1 aliphatic carbocycles. The Morgan fingerprint density at radius 3 is 2.75 bits per heavy atom. The highest BCUT2D eigenvalue weighted by molar-refractivity contribution is 5.91. The monoisotopic (exact) mass is 164 g/mol. The molecule has 0 aromatic heterocycles. The Balaban J connectivity index is 2.86. The molecule has 1 rings (SSSR count). The third kappa shape index (κ3) is 1.86. The lowest BCUT2D eigenvalue weighted by Gasteiger charge is -2.11. The van der Waals surface area contributed by atoms with E-state index in [9.17, 15) is 4.79 Å². The first-order valence-electron chi connectivity index (χ1n) is 4.08. The molecule has 0 atom stereocenters. The molecular formula is C10H12O2. The maximum Gasteiger partial charge on any atom is 0.343 e. The van der Waals surface area contributed by atoms with Crippen molar-refractivity contribution in [2.75, 3.05) is 0 Å². The molecule has 0 aromatic rings. The van der Waals surface area contributed by atoms with E-state index in [-0.39, 0.29) is 5.57 Å². The molecule has 12 heavy (non-hydrogen) atoms. The van der Waals surface area contributed by atoms with Crippen LogP contribution >= 0.6 is 0 Å². The Kier molecular flexibility index (Phi) is 2.89. The second-order valence-corrected chi connectivity index (χ2v) is 2.83. The normalized spacial score (nSPS) is 16.2. The van der Waals surface area contributed by atoms with E-state index in [2.05, 4.69) is 12.3 Å². The molecule has 0 saturated carbocycles. The molecular weight excluding hydrogens is 152 g/mol. The first-order valence-corrected chi connectivity index (χ1v) is 4.08. The van der Waals surface area contributed by atoms with Crippen LogP contribution in [0.3, 0.4) is 0 Å². The van der Waals surface area contributed by atoms with E-state index >= 15 is 0 Å². The van der Waals surface area contributed by atoms with E-state index in [4.69, 9.17) is 5.11 Å². The molecule has 0 aliphatic heterocycles. The van der Waals surface area contributed by atoms with Crippen molar-refractivity contribution >= 4 is 5.97 Å². The van der Waals surface area contributed by atoms with E-state index in [1.165, 1.54) is 0 Å². The molecule has 0 heterocycles. The third-order valence-corrected chi connectivity index (χ3v) is 2.00. The van der Waals surface area contributed by atoms with Crippen molar-refractivity contribution in [2.45, 2.75) is 25.7 Å².